The van der Waals surface area contributed by atoms with Gasteiger partial charge in [0.1, 0.15) is 0 Å². The average Bonchev–Trinajstić information content (AvgIpc) is 2.36. The highest BCUT2D eigenvalue weighted by atomic mass is 16.5. The highest BCUT2D eigenvalue weighted by molar-refractivity contribution is 5.85. The lowest BCUT2D eigenvalue weighted by molar-refractivity contribution is 0.356. The number of hydrogen-bond acceptors (Lipinski definition) is 4. The lowest BCUT2D eigenvalue weighted by Gasteiger charge is -2.11. The molecule has 1 aromatic heterocycles. The Morgan fingerprint density at radius 2 is 1.76 bits per heavy atom. The molecule has 0 fully saturated rings. The number of aryl methyl sites for hydroxylation is 1. The Labute approximate surface area is 100 Å². The Bertz CT molecular complexity index is 553. The van der Waals surface area contributed by atoms with Crippen LogP contribution >= 0.6 is 0 Å². The van der Waals surface area contributed by atoms with Gasteiger partial charge < -0.3 is 15.2 Å². The molecule has 2 N–H and O–H groups in total. The number of benzene rings is 1. The van der Waals surface area contributed by atoms with Crippen molar-refractivity contribution >= 4 is 10.9 Å². The molecule has 0 saturated carbocycles. The van der Waals surface area contributed by atoms with Crippen LogP contribution in [0.2, 0.25) is 0 Å². The highest BCUT2D eigenvalue weighted by Crippen LogP contribution is 2.32. The van der Waals surface area contributed by atoms with Gasteiger partial charge in [-0.2, -0.15) is 0 Å². The van der Waals surface area contributed by atoms with Crippen molar-refractivity contribution in [2.24, 2.45) is 5.73 Å². The minimum atomic E-state index is 0.436. The second kappa shape index (κ2) is 4.59. The normalized spacial score (nSPS) is 10.6. The summed E-state index contributed by atoms with van der Waals surface area (Å²) in [4.78, 5) is 4.48. The zero-order valence-electron chi connectivity index (χ0n) is 10.3. The molecule has 0 radical (unpaired) electrons. The molecule has 1 aromatic carbocycles. The molecule has 0 amide bonds. The Balaban J connectivity index is 2.73. The molecule has 0 aliphatic rings. The van der Waals surface area contributed by atoms with Crippen molar-refractivity contribution in [3.63, 3.8) is 0 Å². The first-order valence-electron chi connectivity index (χ1n) is 5.42. The minimum Gasteiger partial charge on any atom is -0.493 e. The first-order chi connectivity index (χ1) is 8.19. The van der Waals surface area contributed by atoms with Gasteiger partial charge in [-0.05, 0) is 24.6 Å². The van der Waals surface area contributed by atoms with Gasteiger partial charge in [0.25, 0.3) is 0 Å². The molecule has 4 nitrogen and oxygen atoms in total. The van der Waals surface area contributed by atoms with E-state index in [1.54, 1.807) is 14.2 Å². The maximum atomic E-state index is 5.62. The van der Waals surface area contributed by atoms with Gasteiger partial charge in [-0.1, -0.05) is 0 Å². The topological polar surface area (TPSA) is 57.4 Å². The molecule has 0 aliphatic carbocycles. The molecule has 17 heavy (non-hydrogen) atoms. The fourth-order valence-electron chi connectivity index (χ4n) is 1.90. The number of nitrogens with two attached hydrogens (primary N) is 1. The molecule has 0 spiro atoms. The van der Waals surface area contributed by atoms with Gasteiger partial charge in [0, 0.05) is 18.0 Å². The van der Waals surface area contributed by atoms with E-state index in [0.29, 0.717) is 18.0 Å². The summed E-state index contributed by atoms with van der Waals surface area (Å²) in [5.74, 6) is 1.39. The van der Waals surface area contributed by atoms with Crippen LogP contribution in [0, 0.1) is 6.92 Å². The van der Waals surface area contributed by atoms with E-state index in [9.17, 15) is 0 Å². The fraction of sp³-hybridized carbons (Fsp3) is 0.308. The molecular weight excluding hydrogens is 216 g/mol. The number of fused-ring (bicyclic) bond motifs is 1. The van der Waals surface area contributed by atoms with Crippen molar-refractivity contribution in [1.29, 1.82) is 0 Å². The van der Waals surface area contributed by atoms with Crippen LogP contribution in [0.5, 0.6) is 11.5 Å². The summed E-state index contributed by atoms with van der Waals surface area (Å²) in [6.45, 7) is 2.47. The Hall–Kier alpha value is -1.81. The van der Waals surface area contributed by atoms with E-state index >= 15 is 0 Å². The van der Waals surface area contributed by atoms with Crippen LogP contribution in [-0.2, 0) is 6.54 Å². The lowest BCUT2D eigenvalue weighted by atomic mass is 10.1. The van der Waals surface area contributed by atoms with Crippen LogP contribution in [0.1, 0.15) is 11.3 Å². The van der Waals surface area contributed by atoms with Gasteiger partial charge >= 0.3 is 0 Å². The summed E-state index contributed by atoms with van der Waals surface area (Å²) in [5.41, 5.74) is 8.51. The van der Waals surface area contributed by atoms with Gasteiger partial charge in [-0.3, -0.25) is 4.98 Å². The molecule has 0 saturated heterocycles. The number of rotatable bonds is 3. The Kier molecular flexibility index (Phi) is 3.15. The summed E-state index contributed by atoms with van der Waals surface area (Å²) in [6, 6.07) is 5.81. The van der Waals surface area contributed by atoms with Crippen LogP contribution in [0.15, 0.2) is 18.2 Å². The van der Waals surface area contributed by atoms with Gasteiger partial charge in [-0.25, -0.2) is 0 Å². The van der Waals surface area contributed by atoms with E-state index in [1.165, 1.54) is 0 Å². The predicted octanol–water partition coefficient (Wildman–Crippen LogP) is 2.02. The maximum absolute atomic E-state index is 5.62. The summed E-state index contributed by atoms with van der Waals surface area (Å²) < 4.78 is 10.5. The highest BCUT2D eigenvalue weighted by Gasteiger charge is 2.09. The zero-order valence-corrected chi connectivity index (χ0v) is 10.3. The second-order valence-electron chi connectivity index (χ2n) is 3.86. The molecule has 0 bridgehead atoms. The van der Waals surface area contributed by atoms with Crippen molar-refractivity contribution in [3.8, 4) is 11.5 Å². The second-order valence-corrected chi connectivity index (χ2v) is 3.86. The van der Waals surface area contributed by atoms with Crippen molar-refractivity contribution < 1.29 is 9.47 Å². The summed E-state index contributed by atoms with van der Waals surface area (Å²) in [6.07, 6.45) is 0. The Morgan fingerprint density at radius 1 is 1.12 bits per heavy atom. The standard InChI is InChI=1S/C13H16N2O2/c1-8-4-9(7-14)15-11-6-13(17-3)12(16-2)5-10(8)11/h4-6H,7,14H2,1-3H3. The SMILES string of the molecule is COc1cc2nc(CN)cc(C)c2cc1OC. The molecule has 90 valence electrons. The molecule has 1 heterocycles. The maximum Gasteiger partial charge on any atom is 0.162 e. The predicted molar refractivity (Wildman–Crippen MR) is 67.5 cm³/mol. The Morgan fingerprint density at radius 3 is 2.35 bits per heavy atom. The third-order valence-corrected chi connectivity index (χ3v) is 2.78. The van der Waals surface area contributed by atoms with Crippen LogP contribution < -0.4 is 15.2 Å². The van der Waals surface area contributed by atoms with Crippen LogP contribution in [-0.4, -0.2) is 19.2 Å². The molecule has 0 unspecified atom stereocenters. The van der Waals surface area contributed by atoms with Gasteiger partial charge in [0.2, 0.25) is 0 Å². The number of methoxy groups -OCH3 is 2. The van der Waals surface area contributed by atoms with Crippen LogP contribution in [0.4, 0.5) is 0 Å². The molecule has 0 atom stereocenters. The number of hydrogen-bond donors (Lipinski definition) is 1. The molecule has 4 heteroatoms. The minimum absolute atomic E-state index is 0.436. The largest absolute Gasteiger partial charge is 0.493 e. The van der Waals surface area contributed by atoms with Crippen molar-refractivity contribution in [2.45, 2.75) is 13.5 Å². The number of aromatic nitrogens is 1. The van der Waals surface area contributed by atoms with Crippen LogP contribution in [0.25, 0.3) is 10.9 Å². The van der Waals surface area contributed by atoms with E-state index < -0.39 is 0 Å². The first kappa shape index (κ1) is 11.7. The van der Waals surface area contributed by atoms with Crippen molar-refractivity contribution in [3.05, 3.63) is 29.5 Å². The smallest absolute Gasteiger partial charge is 0.162 e. The summed E-state index contributed by atoms with van der Waals surface area (Å²) >= 11 is 0. The summed E-state index contributed by atoms with van der Waals surface area (Å²) in [5, 5.41) is 1.06. The van der Waals surface area contributed by atoms with Crippen molar-refractivity contribution in [1.82, 2.24) is 4.98 Å². The van der Waals surface area contributed by atoms with Crippen LogP contribution in [0.3, 0.4) is 0 Å². The molecule has 0 aliphatic heterocycles. The van der Waals surface area contributed by atoms with Gasteiger partial charge in [-0.15, -0.1) is 0 Å². The number of nitrogens with zero attached hydrogens (tertiary/aromatic N) is 1. The zero-order chi connectivity index (χ0) is 12.4. The van der Waals surface area contributed by atoms with Crippen molar-refractivity contribution in [2.75, 3.05) is 14.2 Å². The van der Waals surface area contributed by atoms with E-state index in [2.05, 4.69) is 4.98 Å². The summed E-state index contributed by atoms with van der Waals surface area (Å²) in [7, 11) is 3.24. The first-order valence-corrected chi connectivity index (χ1v) is 5.42. The monoisotopic (exact) mass is 232 g/mol. The lowest BCUT2D eigenvalue weighted by Crippen LogP contribution is -2.01. The van der Waals surface area contributed by atoms with E-state index in [4.69, 9.17) is 15.2 Å². The third-order valence-electron chi connectivity index (χ3n) is 2.78. The quantitative estimate of drug-likeness (QED) is 0.879. The molecule has 2 rings (SSSR count). The third kappa shape index (κ3) is 2.03. The van der Waals surface area contributed by atoms with E-state index in [1.807, 2.05) is 25.1 Å². The number of ether oxygens (including phenoxy) is 2. The fourth-order valence-corrected chi connectivity index (χ4v) is 1.90. The van der Waals surface area contributed by atoms with Gasteiger partial charge in [0.15, 0.2) is 11.5 Å². The number of pyridine rings is 1. The average molecular weight is 232 g/mol. The molecular formula is C13H16N2O2. The van der Waals surface area contributed by atoms with E-state index in [0.717, 1.165) is 22.2 Å². The molecule has 2 aromatic rings. The van der Waals surface area contributed by atoms with Gasteiger partial charge in [0.05, 0.1) is 25.4 Å². The van der Waals surface area contributed by atoms with E-state index in [-0.39, 0.29) is 0 Å².